The summed E-state index contributed by atoms with van der Waals surface area (Å²) in [6.45, 7) is 9.40. The van der Waals surface area contributed by atoms with Crippen LogP contribution in [-0.2, 0) is 7.05 Å². The Morgan fingerprint density at radius 2 is 2.12 bits per heavy atom. The van der Waals surface area contributed by atoms with E-state index in [1.54, 1.807) is 16.9 Å². The molecule has 136 valence electrons. The number of aryl methyl sites for hydroxylation is 1. The summed E-state index contributed by atoms with van der Waals surface area (Å²) >= 11 is 0. The van der Waals surface area contributed by atoms with Crippen LogP contribution in [0.1, 0.15) is 44.2 Å². The highest BCUT2D eigenvalue weighted by molar-refractivity contribution is 5.92. The largest absolute Gasteiger partial charge is 0.350 e. The number of carbonyl (C=O) groups is 1. The van der Waals surface area contributed by atoms with Crippen LogP contribution in [0.5, 0.6) is 0 Å². The van der Waals surface area contributed by atoms with Gasteiger partial charge in [-0.1, -0.05) is 12.1 Å². The van der Waals surface area contributed by atoms with E-state index in [2.05, 4.69) is 27.4 Å². The van der Waals surface area contributed by atoms with Crippen LogP contribution in [0.25, 0.3) is 11.3 Å². The normalized spacial score (nSPS) is 17.0. The number of amides is 1. The fourth-order valence-corrected chi connectivity index (χ4v) is 3.26. The molecule has 1 saturated heterocycles. The van der Waals surface area contributed by atoms with Gasteiger partial charge in [0.1, 0.15) is 5.69 Å². The molecule has 2 aromatic heterocycles. The number of hydrogen-bond donors (Lipinski definition) is 1. The van der Waals surface area contributed by atoms with Crippen LogP contribution in [0.15, 0.2) is 23.0 Å². The molecule has 1 aliphatic rings. The highest BCUT2D eigenvalue weighted by atomic mass is 16.5. The minimum absolute atomic E-state index is 0.221. The predicted molar refractivity (Wildman–Crippen MR) is 95.1 cm³/mol. The van der Waals surface area contributed by atoms with Crippen molar-refractivity contribution in [1.82, 2.24) is 25.2 Å². The molecule has 0 saturated carbocycles. The molecule has 7 heteroatoms. The van der Waals surface area contributed by atoms with Crippen LogP contribution in [0.3, 0.4) is 0 Å². The van der Waals surface area contributed by atoms with Crippen LogP contribution in [-0.4, -0.2) is 50.9 Å². The van der Waals surface area contributed by atoms with E-state index in [4.69, 9.17) is 4.52 Å². The second-order valence-electron chi connectivity index (χ2n) is 7.78. The number of nitrogens with one attached hydrogen (secondary N) is 1. The number of hydrogen-bond acceptors (Lipinski definition) is 5. The Morgan fingerprint density at radius 1 is 1.40 bits per heavy atom. The van der Waals surface area contributed by atoms with Gasteiger partial charge < -0.3 is 14.7 Å². The van der Waals surface area contributed by atoms with Gasteiger partial charge in [0.2, 0.25) is 5.76 Å². The Balaban J connectivity index is 1.60. The first-order chi connectivity index (χ1) is 11.8. The number of carbonyl (C=O) groups excluding carboxylic acids is 1. The zero-order chi connectivity index (χ0) is 18.0. The molecule has 25 heavy (non-hydrogen) atoms. The fraction of sp³-hybridized carbons (Fsp3) is 0.611. The van der Waals surface area contributed by atoms with Gasteiger partial charge in [0.15, 0.2) is 0 Å². The van der Waals surface area contributed by atoms with Gasteiger partial charge in [0.05, 0.1) is 6.20 Å². The highest BCUT2D eigenvalue weighted by Gasteiger charge is 2.28. The summed E-state index contributed by atoms with van der Waals surface area (Å²) in [4.78, 5) is 14.9. The lowest BCUT2D eigenvalue weighted by atomic mass is 9.96. The topological polar surface area (TPSA) is 76.2 Å². The quantitative estimate of drug-likeness (QED) is 0.900. The molecule has 3 rings (SSSR count). The van der Waals surface area contributed by atoms with Gasteiger partial charge in [0.25, 0.3) is 5.91 Å². The molecule has 2 aromatic rings. The van der Waals surface area contributed by atoms with Crippen LogP contribution >= 0.6 is 0 Å². The molecule has 0 spiro atoms. The SMILES string of the molecule is CC1CCN(CC(C)(C)NC(=O)c2cc(-c3cnn(C)c3)no2)CC1. The molecule has 7 nitrogen and oxygen atoms in total. The number of nitrogens with zero attached hydrogens (tertiary/aromatic N) is 4. The Bertz CT molecular complexity index is 725. The van der Waals surface area contributed by atoms with Crippen molar-refractivity contribution in [3.05, 3.63) is 24.2 Å². The van der Waals surface area contributed by atoms with Gasteiger partial charge in [-0.25, -0.2) is 0 Å². The zero-order valence-electron chi connectivity index (χ0n) is 15.5. The standard InChI is InChI=1S/C18H27N5O2/c1-13-5-7-23(8-6-13)12-18(2,3)20-17(24)16-9-15(21-25-16)14-10-19-22(4)11-14/h9-11,13H,5-8,12H2,1-4H3,(H,20,24). The van der Waals surface area contributed by atoms with E-state index in [0.29, 0.717) is 5.69 Å². The van der Waals surface area contributed by atoms with Crippen molar-refractivity contribution in [2.45, 2.75) is 39.2 Å². The summed E-state index contributed by atoms with van der Waals surface area (Å²) in [6, 6.07) is 1.66. The minimum atomic E-state index is -0.334. The van der Waals surface area contributed by atoms with Gasteiger partial charge in [-0.2, -0.15) is 5.10 Å². The molecule has 3 heterocycles. The molecule has 0 aliphatic carbocycles. The number of piperidine rings is 1. The summed E-state index contributed by atoms with van der Waals surface area (Å²) in [5.41, 5.74) is 1.10. The van der Waals surface area contributed by atoms with Crippen LogP contribution in [0.2, 0.25) is 0 Å². The van der Waals surface area contributed by atoms with Gasteiger partial charge in [-0.15, -0.1) is 0 Å². The lowest BCUT2D eigenvalue weighted by Gasteiger charge is -2.36. The van der Waals surface area contributed by atoms with E-state index in [1.165, 1.54) is 12.8 Å². The second-order valence-corrected chi connectivity index (χ2v) is 7.78. The third-order valence-corrected chi connectivity index (χ3v) is 4.68. The minimum Gasteiger partial charge on any atom is -0.350 e. The average Bonchev–Trinajstić information content (AvgIpc) is 3.17. The first kappa shape index (κ1) is 17.7. The van der Waals surface area contributed by atoms with E-state index >= 15 is 0 Å². The second kappa shape index (κ2) is 7.00. The Morgan fingerprint density at radius 3 is 2.76 bits per heavy atom. The Kier molecular flexibility index (Phi) is 4.94. The first-order valence-electron chi connectivity index (χ1n) is 8.83. The lowest BCUT2D eigenvalue weighted by Crippen LogP contribution is -2.52. The predicted octanol–water partition coefficient (Wildman–Crippen LogP) is 2.32. The van der Waals surface area contributed by atoms with E-state index in [0.717, 1.165) is 31.1 Å². The van der Waals surface area contributed by atoms with Gasteiger partial charge in [0, 0.05) is 37.0 Å². The number of likely N-dealkylation sites (tertiary alicyclic amines) is 1. The molecule has 1 aliphatic heterocycles. The summed E-state index contributed by atoms with van der Waals surface area (Å²) in [5.74, 6) is 0.784. The molecular formula is C18H27N5O2. The van der Waals surface area contributed by atoms with Crippen molar-refractivity contribution < 1.29 is 9.32 Å². The molecule has 1 N–H and O–H groups in total. The van der Waals surface area contributed by atoms with Crippen molar-refractivity contribution in [2.24, 2.45) is 13.0 Å². The third-order valence-electron chi connectivity index (χ3n) is 4.68. The molecular weight excluding hydrogens is 318 g/mol. The van der Waals surface area contributed by atoms with Crippen molar-refractivity contribution in [1.29, 1.82) is 0 Å². The molecule has 0 radical (unpaired) electrons. The summed E-state index contributed by atoms with van der Waals surface area (Å²) in [5, 5.41) is 11.1. The Hall–Kier alpha value is -2.15. The third kappa shape index (κ3) is 4.48. The van der Waals surface area contributed by atoms with E-state index < -0.39 is 0 Å². The summed E-state index contributed by atoms with van der Waals surface area (Å²) < 4.78 is 6.91. The van der Waals surface area contributed by atoms with Gasteiger partial charge in [-0.05, 0) is 45.7 Å². The van der Waals surface area contributed by atoms with Gasteiger partial charge in [-0.3, -0.25) is 9.48 Å². The maximum atomic E-state index is 12.5. The maximum Gasteiger partial charge on any atom is 0.290 e. The van der Waals surface area contributed by atoms with E-state index in [9.17, 15) is 4.79 Å². The molecule has 0 atom stereocenters. The molecule has 0 aromatic carbocycles. The van der Waals surface area contributed by atoms with E-state index in [-0.39, 0.29) is 17.2 Å². The van der Waals surface area contributed by atoms with Crippen molar-refractivity contribution in [3.8, 4) is 11.3 Å². The van der Waals surface area contributed by atoms with Crippen molar-refractivity contribution in [3.63, 3.8) is 0 Å². The number of rotatable bonds is 5. The zero-order valence-corrected chi connectivity index (χ0v) is 15.5. The van der Waals surface area contributed by atoms with E-state index in [1.807, 2.05) is 27.1 Å². The van der Waals surface area contributed by atoms with Crippen molar-refractivity contribution in [2.75, 3.05) is 19.6 Å². The monoisotopic (exact) mass is 345 g/mol. The molecule has 0 unspecified atom stereocenters. The first-order valence-corrected chi connectivity index (χ1v) is 8.83. The highest BCUT2D eigenvalue weighted by Crippen LogP contribution is 2.20. The Labute approximate surface area is 148 Å². The molecule has 1 fully saturated rings. The maximum absolute atomic E-state index is 12.5. The smallest absolute Gasteiger partial charge is 0.290 e. The van der Waals surface area contributed by atoms with Gasteiger partial charge >= 0.3 is 0 Å². The van der Waals surface area contributed by atoms with Crippen molar-refractivity contribution >= 4 is 5.91 Å². The molecule has 0 bridgehead atoms. The molecule has 1 amide bonds. The van der Waals surface area contributed by atoms with Crippen LogP contribution in [0.4, 0.5) is 0 Å². The lowest BCUT2D eigenvalue weighted by molar-refractivity contribution is 0.0831. The van der Waals surface area contributed by atoms with Crippen LogP contribution in [0, 0.1) is 5.92 Å². The summed E-state index contributed by atoms with van der Waals surface area (Å²) in [6.07, 6.45) is 5.98. The average molecular weight is 345 g/mol. The number of aromatic nitrogens is 3. The van der Waals surface area contributed by atoms with Crippen LogP contribution < -0.4 is 5.32 Å². The fourth-order valence-electron chi connectivity index (χ4n) is 3.26. The summed E-state index contributed by atoms with van der Waals surface area (Å²) in [7, 11) is 1.83.